The molecule has 2 unspecified atom stereocenters. The van der Waals surface area contributed by atoms with Crippen LogP contribution in [0.25, 0.3) is 0 Å². The van der Waals surface area contributed by atoms with Crippen LogP contribution >= 0.6 is 11.6 Å². The molecule has 0 radical (unpaired) electrons. The van der Waals surface area contributed by atoms with E-state index < -0.39 is 11.7 Å². The van der Waals surface area contributed by atoms with Crippen molar-refractivity contribution in [1.29, 1.82) is 0 Å². The third-order valence-corrected chi connectivity index (χ3v) is 4.73. The Balaban J connectivity index is 1.66. The summed E-state index contributed by atoms with van der Waals surface area (Å²) in [5.41, 5.74) is 1.53. The molecule has 3 rings (SSSR count). The lowest BCUT2D eigenvalue weighted by atomic mass is 10.1. The van der Waals surface area contributed by atoms with Crippen LogP contribution in [0, 0.1) is 12.8 Å². The van der Waals surface area contributed by atoms with Crippen molar-refractivity contribution in [1.82, 2.24) is 0 Å². The van der Waals surface area contributed by atoms with E-state index in [9.17, 15) is 18.0 Å². The van der Waals surface area contributed by atoms with Crippen LogP contribution in [0.5, 0.6) is 0 Å². The van der Waals surface area contributed by atoms with Gasteiger partial charge in [-0.3, -0.25) is 4.79 Å². The molecule has 1 amide bonds. The molecule has 0 heterocycles. The van der Waals surface area contributed by atoms with Crippen LogP contribution < -0.4 is 5.32 Å². The Kier molecular flexibility index (Phi) is 4.30. The number of hydrogen-bond donors (Lipinski definition) is 1. The maximum atomic E-state index is 12.6. The van der Waals surface area contributed by atoms with Gasteiger partial charge < -0.3 is 5.32 Å². The summed E-state index contributed by atoms with van der Waals surface area (Å²) in [5.74, 6) is -0.392. The van der Waals surface area contributed by atoms with Crippen molar-refractivity contribution in [2.24, 2.45) is 5.92 Å². The standard InChI is InChI=1S/C18H15ClF3NO/c1-10-15(19)3-2-4-16(10)23-17(24)14-9-13(14)11-5-7-12(8-6-11)18(20,21)22/h2-8,13-14H,9H2,1H3,(H,23,24). The van der Waals surface area contributed by atoms with Gasteiger partial charge in [0.1, 0.15) is 0 Å². The summed E-state index contributed by atoms with van der Waals surface area (Å²) in [6.45, 7) is 1.82. The van der Waals surface area contributed by atoms with E-state index in [1.54, 1.807) is 18.2 Å². The molecule has 1 fully saturated rings. The number of carbonyl (C=O) groups is 1. The zero-order chi connectivity index (χ0) is 17.5. The highest BCUT2D eigenvalue weighted by Gasteiger charge is 2.44. The third-order valence-electron chi connectivity index (χ3n) is 4.32. The second-order valence-corrected chi connectivity index (χ2v) is 6.38. The minimum Gasteiger partial charge on any atom is -0.326 e. The SMILES string of the molecule is Cc1c(Cl)cccc1NC(=O)C1CC1c1ccc(C(F)(F)F)cc1. The van der Waals surface area contributed by atoms with Crippen molar-refractivity contribution in [3.63, 3.8) is 0 Å². The lowest BCUT2D eigenvalue weighted by Gasteiger charge is -2.10. The highest BCUT2D eigenvalue weighted by molar-refractivity contribution is 6.31. The Morgan fingerprint density at radius 3 is 2.46 bits per heavy atom. The van der Waals surface area contributed by atoms with Gasteiger partial charge in [-0.25, -0.2) is 0 Å². The molecule has 2 aromatic carbocycles. The lowest BCUT2D eigenvalue weighted by molar-refractivity contribution is -0.137. The highest BCUT2D eigenvalue weighted by Crippen LogP contribution is 2.48. The van der Waals surface area contributed by atoms with Gasteiger partial charge in [0.25, 0.3) is 0 Å². The van der Waals surface area contributed by atoms with Crippen LogP contribution in [0.2, 0.25) is 5.02 Å². The van der Waals surface area contributed by atoms with Gasteiger partial charge in [-0.1, -0.05) is 29.8 Å². The van der Waals surface area contributed by atoms with Crippen molar-refractivity contribution in [2.45, 2.75) is 25.4 Å². The Labute approximate surface area is 142 Å². The van der Waals surface area contributed by atoms with Crippen LogP contribution in [0.1, 0.15) is 29.0 Å². The second kappa shape index (κ2) is 6.13. The molecule has 2 nitrogen and oxygen atoms in total. The van der Waals surface area contributed by atoms with Gasteiger partial charge in [-0.15, -0.1) is 0 Å². The molecule has 0 aromatic heterocycles. The fraction of sp³-hybridized carbons (Fsp3) is 0.278. The van der Waals surface area contributed by atoms with Gasteiger partial charge in [0.05, 0.1) is 5.56 Å². The number of hydrogen-bond acceptors (Lipinski definition) is 1. The molecule has 1 aliphatic rings. The molecule has 24 heavy (non-hydrogen) atoms. The molecule has 0 bridgehead atoms. The van der Waals surface area contributed by atoms with Crippen molar-refractivity contribution in [3.8, 4) is 0 Å². The van der Waals surface area contributed by atoms with Crippen LogP contribution in [-0.4, -0.2) is 5.91 Å². The highest BCUT2D eigenvalue weighted by atomic mass is 35.5. The first-order chi connectivity index (χ1) is 11.3. The van der Waals surface area contributed by atoms with Gasteiger partial charge in [-0.2, -0.15) is 13.2 Å². The van der Waals surface area contributed by atoms with E-state index in [1.165, 1.54) is 12.1 Å². The molecule has 1 N–H and O–H groups in total. The smallest absolute Gasteiger partial charge is 0.326 e. The van der Waals surface area contributed by atoms with Crippen LogP contribution in [-0.2, 0) is 11.0 Å². The molecule has 0 saturated heterocycles. The first kappa shape index (κ1) is 16.8. The van der Waals surface area contributed by atoms with Crippen LogP contribution in [0.4, 0.5) is 18.9 Å². The lowest BCUT2D eigenvalue weighted by Crippen LogP contribution is -2.15. The minimum absolute atomic E-state index is 0.0354. The zero-order valence-electron chi connectivity index (χ0n) is 12.8. The number of rotatable bonds is 3. The zero-order valence-corrected chi connectivity index (χ0v) is 13.6. The summed E-state index contributed by atoms with van der Waals surface area (Å²) in [5, 5.41) is 3.42. The van der Waals surface area contributed by atoms with E-state index in [4.69, 9.17) is 11.6 Å². The molecule has 6 heteroatoms. The first-order valence-corrected chi connectivity index (χ1v) is 7.88. The van der Waals surface area contributed by atoms with E-state index in [0.717, 1.165) is 23.3 Å². The molecule has 2 atom stereocenters. The van der Waals surface area contributed by atoms with Gasteiger partial charge in [0.2, 0.25) is 5.91 Å². The number of benzene rings is 2. The summed E-state index contributed by atoms with van der Waals surface area (Å²) in [7, 11) is 0. The number of carbonyl (C=O) groups excluding carboxylic acids is 1. The quantitative estimate of drug-likeness (QED) is 0.785. The van der Waals surface area contributed by atoms with E-state index in [0.29, 0.717) is 17.1 Å². The summed E-state index contributed by atoms with van der Waals surface area (Å²) in [6.07, 6.45) is -3.71. The first-order valence-electron chi connectivity index (χ1n) is 7.50. The molecule has 0 aliphatic heterocycles. The number of halogens is 4. The molecule has 1 saturated carbocycles. The number of amides is 1. The summed E-state index contributed by atoms with van der Waals surface area (Å²) < 4.78 is 37.7. The third kappa shape index (κ3) is 3.41. The summed E-state index contributed by atoms with van der Waals surface area (Å²) in [4.78, 5) is 12.3. The molecule has 1 aliphatic carbocycles. The van der Waals surface area contributed by atoms with Crippen molar-refractivity contribution >= 4 is 23.2 Å². The fourth-order valence-corrected chi connectivity index (χ4v) is 2.92. The van der Waals surface area contributed by atoms with Crippen LogP contribution in [0.3, 0.4) is 0 Å². The number of nitrogens with one attached hydrogen (secondary N) is 1. The van der Waals surface area contributed by atoms with Gasteiger partial charge in [0, 0.05) is 16.6 Å². The Hall–Kier alpha value is -2.01. The van der Waals surface area contributed by atoms with E-state index >= 15 is 0 Å². The Morgan fingerprint density at radius 1 is 1.17 bits per heavy atom. The molecule has 0 spiro atoms. The van der Waals surface area contributed by atoms with E-state index in [1.807, 2.05) is 6.92 Å². The molecular weight excluding hydrogens is 339 g/mol. The van der Waals surface area contributed by atoms with Gasteiger partial charge in [0.15, 0.2) is 0 Å². The van der Waals surface area contributed by atoms with E-state index in [2.05, 4.69) is 5.32 Å². The number of alkyl halides is 3. The largest absolute Gasteiger partial charge is 0.416 e. The van der Waals surface area contributed by atoms with Gasteiger partial charge >= 0.3 is 6.18 Å². The average molecular weight is 354 g/mol. The van der Waals surface area contributed by atoms with E-state index in [-0.39, 0.29) is 17.7 Å². The Morgan fingerprint density at radius 2 is 1.83 bits per heavy atom. The maximum absolute atomic E-state index is 12.6. The normalized spacial score (nSPS) is 19.9. The summed E-state index contributed by atoms with van der Waals surface area (Å²) >= 11 is 6.03. The monoisotopic (exact) mass is 353 g/mol. The topological polar surface area (TPSA) is 29.1 Å². The minimum atomic E-state index is -4.34. The fourth-order valence-electron chi connectivity index (χ4n) is 2.74. The Bertz CT molecular complexity index is 771. The van der Waals surface area contributed by atoms with Crippen molar-refractivity contribution in [2.75, 3.05) is 5.32 Å². The second-order valence-electron chi connectivity index (χ2n) is 5.97. The van der Waals surface area contributed by atoms with Gasteiger partial charge in [-0.05, 0) is 54.7 Å². The average Bonchev–Trinajstić information content (AvgIpc) is 3.32. The number of anilines is 1. The molecule has 2 aromatic rings. The molecular formula is C18H15ClF3NO. The summed E-state index contributed by atoms with van der Waals surface area (Å²) in [6, 6.07) is 10.3. The molecule has 126 valence electrons. The van der Waals surface area contributed by atoms with Crippen molar-refractivity contribution in [3.05, 3.63) is 64.2 Å². The predicted octanol–water partition coefficient (Wildman–Crippen LogP) is 5.41. The van der Waals surface area contributed by atoms with Crippen molar-refractivity contribution < 1.29 is 18.0 Å². The van der Waals surface area contributed by atoms with Crippen LogP contribution in [0.15, 0.2) is 42.5 Å². The predicted molar refractivity (Wildman–Crippen MR) is 87.1 cm³/mol. The maximum Gasteiger partial charge on any atom is 0.416 e.